The molecule has 0 heterocycles. The van der Waals surface area contributed by atoms with Crippen molar-refractivity contribution in [3.8, 4) is 0 Å². The monoisotopic (exact) mass is 242 g/mol. The van der Waals surface area contributed by atoms with Gasteiger partial charge in [0.15, 0.2) is 9.84 Å². The molecule has 1 rings (SSSR count). The van der Waals surface area contributed by atoms with Gasteiger partial charge in [-0.2, -0.15) is 0 Å². The van der Waals surface area contributed by atoms with Gasteiger partial charge in [-0.3, -0.25) is 4.79 Å². The molecule has 1 amide bonds. The van der Waals surface area contributed by atoms with Crippen LogP contribution in [0.3, 0.4) is 0 Å². The zero-order chi connectivity index (χ0) is 12.2. The van der Waals surface area contributed by atoms with E-state index in [0.717, 1.165) is 0 Å². The Balaban J connectivity index is 2.90. The van der Waals surface area contributed by atoms with E-state index in [2.05, 4.69) is 0 Å². The Morgan fingerprint density at radius 3 is 2.56 bits per heavy atom. The van der Waals surface area contributed by atoms with E-state index < -0.39 is 15.7 Å². The van der Waals surface area contributed by atoms with Crippen LogP contribution in [-0.2, 0) is 15.6 Å². The van der Waals surface area contributed by atoms with Gasteiger partial charge in [0, 0.05) is 12.1 Å². The van der Waals surface area contributed by atoms with E-state index in [4.69, 9.17) is 11.5 Å². The summed E-state index contributed by atoms with van der Waals surface area (Å²) in [7, 11) is -3.20. The van der Waals surface area contributed by atoms with Crippen molar-refractivity contribution in [3.63, 3.8) is 0 Å². The molecule has 0 unspecified atom stereocenters. The maximum absolute atomic E-state index is 11.5. The van der Waals surface area contributed by atoms with Crippen LogP contribution in [0.1, 0.15) is 15.9 Å². The minimum absolute atomic E-state index is 0.0617. The van der Waals surface area contributed by atoms with E-state index >= 15 is 0 Å². The standard InChI is InChI=1S/C10H14N2O3S/c11-4-5-16(14,15)7-8-2-1-3-9(6-8)10(12)13/h1-3,6H,4-5,7,11H2,(H2,12,13). The largest absolute Gasteiger partial charge is 0.366 e. The fourth-order valence-corrected chi connectivity index (χ4v) is 2.51. The lowest BCUT2D eigenvalue weighted by Gasteiger charge is -2.04. The number of carbonyl (C=O) groups is 1. The number of primary amides is 1. The first-order valence-corrected chi connectivity index (χ1v) is 6.56. The Bertz CT molecular complexity index is 483. The van der Waals surface area contributed by atoms with Crippen LogP contribution in [0.25, 0.3) is 0 Å². The Labute approximate surface area is 94.4 Å². The van der Waals surface area contributed by atoms with Crippen molar-refractivity contribution in [3.05, 3.63) is 35.4 Å². The Morgan fingerprint density at radius 2 is 2.00 bits per heavy atom. The number of amides is 1. The lowest BCUT2D eigenvalue weighted by Crippen LogP contribution is -2.17. The molecule has 16 heavy (non-hydrogen) atoms. The molecule has 88 valence electrons. The zero-order valence-electron chi connectivity index (χ0n) is 8.72. The van der Waals surface area contributed by atoms with E-state index in [-0.39, 0.29) is 18.1 Å². The SMILES string of the molecule is NCCS(=O)(=O)Cc1cccc(C(N)=O)c1. The summed E-state index contributed by atoms with van der Waals surface area (Å²) in [6, 6.07) is 6.27. The van der Waals surface area contributed by atoms with Gasteiger partial charge in [0.2, 0.25) is 5.91 Å². The Kier molecular flexibility index (Phi) is 4.03. The van der Waals surface area contributed by atoms with E-state index in [9.17, 15) is 13.2 Å². The highest BCUT2D eigenvalue weighted by atomic mass is 32.2. The predicted molar refractivity (Wildman–Crippen MR) is 61.5 cm³/mol. The first-order chi connectivity index (χ1) is 7.44. The number of nitrogens with two attached hydrogens (primary N) is 2. The minimum atomic E-state index is -3.20. The third kappa shape index (κ3) is 3.63. The van der Waals surface area contributed by atoms with Crippen LogP contribution in [0.15, 0.2) is 24.3 Å². The number of benzene rings is 1. The van der Waals surface area contributed by atoms with Crippen LogP contribution in [0.4, 0.5) is 0 Å². The molecule has 0 aliphatic rings. The Morgan fingerprint density at radius 1 is 1.31 bits per heavy atom. The van der Waals surface area contributed by atoms with Gasteiger partial charge in [-0.15, -0.1) is 0 Å². The molecule has 1 aromatic rings. The summed E-state index contributed by atoms with van der Waals surface area (Å²) >= 11 is 0. The molecule has 0 fully saturated rings. The summed E-state index contributed by atoms with van der Waals surface area (Å²) < 4.78 is 23.0. The normalized spacial score (nSPS) is 11.3. The highest BCUT2D eigenvalue weighted by Gasteiger charge is 2.11. The number of carbonyl (C=O) groups excluding carboxylic acids is 1. The van der Waals surface area contributed by atoms with Crippen molar-refractivity contribution in [1.82, 2.24) is 0 Å². The number of hydrogen-bond acceptors (Lipinski definition) is 4. The predicted octanol–water partition coefficient (Wildman–Crippen LogP) is -0.341. The average molecular weight is 242 g/mol. The third-order valence-corrected chi connectivity index (χ3v) is 3.66. The van der Waals surface area contributed by atoms with Crippen molar-refractivity contribution in [2.75, 3.05) is 12.3 Å². The van der Waals surface area contributed by atoms with Crippen molar-refractivity contribution < 1.29 is 13.2 Å². The molecule has 0 radical (unpaired) electrons. The Hall–Kier alpha value is -1.40. The van der Waals surface area contributed by atoms with Gasteiger partial charge in [-0.05, 0) is 17.7 Å². The lowest BCUT2D eigenvalue weighted by atomic mass is 10.1. The molecule has 0 saturated heterocycles. The summed E-state index contributed by atoms with van der Waals surface area (Å²) in [6.07, 6.45) is 0. The van der Waals surface area contributed by atoms with E-state index in [1.165, 1.54) is 6.07 Å². The van der Waals surface area contributed by atoms with Crippen molar-refractivity contribution in [1.29, 1.82) is 0 Å². The lowest BCUT2D eigenvalue weighted by molar-refractivity contribution is 0.1000. The molecule has 0 aliphatic heterocycles. The molecule has 5 nitrogen and oxygen atoms in total. The van der Waals surface area contributed by atoms with Gasteiger partial charge in [-0.25, -0.2) is 8.42 Å². The number of hydrogen-bond donors (Lipinski definition) is 2. The molecule has 0 saturated carbocycles. The number of rotatable bonds is 5. The molecule has 0 aromatic heterocycles. The van der Waals surface area contributed by atoms with Crippen molar-refractivity contribution >= 4 is 15.7 Å². The first kappa shape index (κ1) is 12.7. The van der Waals surface area contributed by atoms with E-state index in [1.807, 2.05) is 0 Å². The topological polar surface area (TPSA) is 103 Å². The molecule has 6 heteroatoms. The quantitative estimate of drug-likeness (QED) is 0.737. The maximum Gasteiger partial charge on any atom is 0.248 e. The maximum atomic E-state index is 11.5. The zero-order valence-corrected chi connectivity index (χ0v) is 9.53. The molecule has 0 bridgehead atoms. The molecule has 4 N–H and O–H groups in total. The van der Waals surface area contributed by atoms with Crippen LogP contribution < -0.4 is 11.5 Å². The van der Waals surface area contributed by atoms with Crippen LogP contribution in [0.2, 0.25) is 0 Å². The highest BCUT2D eigenvalue weighted by Crippen LogP contribution is 2.09. The van der Waals surface area contributed by atoms with Crippen molar-refractivity contribution in [2.24, 2.45) is 11.5 Å². The minimum Gasteiger partial charge on any atom is -0.366 e. The van der Waals surface area contributed by atoms with Gasteiger partial charge in [0.05, 0.1) is 11.5 Å². The molecular formula is C10H14N2O3S. The van der Waals surface area contributed by atoms with Gasteiger partial charge in [0.25, 0.3) is 0 Å². The van der Waals surface area contributed by atoms with Gasteiger partial charge < -0.3 is 11.5 Å². The molecule has 0 aliphatic carbocycles. The van der Waals surface area contributed by atoms with Gasteiger partial charge >= 0.3 is 0 Å². The van der Waals surface area contributed by atoms with Crippen LogP contribution in [0.5, 0.6) is 0 Å². The smallest absolute Gasteiger partial charge is 0.248 e. The first-order valence-electron chi connectivity index (χ1n) is 4.74. The van der Waals surface area contributed by atoms with Crippen molar-refractivity contribution in [2.45, 2.75) is 5.75 Å². The average Bonchev–Trinajstić information content (AvgIpc) is 2.17. The van der Waals surface area contributed by atoms with Crippen LogP contribution >= 0.6 is 0 Å². The highest BCUT2D eigenvalue weighted by molar-refractivity contribution is 7.90. The second-order valence-electron chi connectivity index (χ2n) is 3.45. The van der Waals surface area contributed by atoms with Gasteiger partial charge in [0.1, 0.15) is 0 Å². The second kappa shape index (κ2) is 5.09. The second-order valence-corrected chi connectivity index (χ2v) is 5.63. The summed E-state index contributed by atoms with van der Waals surface area (Å²) in [5.41, 5.74) is 11.1. The van der Waals surface area contributed by atoms with Crippen LogP contribution in [-0.4, -0.2) is 26.6 Å². The van der Waals surface area contributed by atoms with E-state index in [1.54, 1.807) is 18.2 Å². The van der Waals surface area contributed by atoms with Gasteiger partial charge in [-0.1, -0.05) is 12.1 Å². The molecular weight excluding hydrogens is 228 g/mol. The van der Waals surface area contributed by atoms with Crippen LogP contribution in [0, 0.1) is 0 Å². The summed E-state index contributed by atoms with van der Waals surface area (Å²) in [5.74, 6) is -0.753. The number of sulfone groups is 1. The summed E-state index contributed by atoms with van der Waals surface area (Å²) in [4.78, 5) is 10.9. The third-order valence-electron chi connectivity index (χ3n) is 2.03. The molecule has 0 atom stereocenters. The molecule has 0 spiro atoms. The summed E-state index contributed by atoms with van der Waals surface area (Å²) in [6.45, 7) is 0.0951. The van der Waals surface area contributed by atoms with E-state index in [0.29, 0.717) is 11.1 Å². The summed E-state index contributed by atoms with van der Waals surface area (Å²) in [5, 5.41) is 0. The fraction of sp³-hybridized carbons (Fsp3) is 0.300. The fourth-order valence-electron chi connectivity index (χ4n) is 1.32. The molecule has 1 aromatic carbocycles.